The number of piperidine rings is 1. The molecule has 0 bridgehead atoms. The molecule has 29 heavy (non-hydrogen) atoms. The van der Waals surface area contributed by atoms with Gasteiger partial charge in [0.25, 0.3) is 0 Å². The summed E-state index contributed by atoms with van der Waals surface area (Å²) in [5, 5.41) is 2.99. The highest BCUT2D eigenvalue weighted by Gasteiger charge is 2.29. The van der Waals surface area contributed by atoms with Gasteiger partial charge in [0.05, 0.1) is 12.0 Å². The van der Waals surface area contributed by atoms with E-state index >= 15 is 0 Å². The molecule has 1 aromatic carbocycles. The Balaban J connectivity index is 2.00. The molecule has 2 N–H and O–H groups in total. The molecule has 1 aromatic rings. The number of methoxy groups -OCH3 is 1. The number of nitrogens with one attached hydrogen (secondary N) is 2. The summed E-state index contributed by atoms with van der Waals surface area (Å²) >= 11 is 0. The summed E-state index contributed by atoms with van der Waals surface area (Å²) in [4.78, 5) is 15.3. The number of likely N-dealkylation sites (tertiary alicyclic amines) is 1. The second kappa shape index (κ2) is 10.4. The molecule has 0 radical (unpaired) electrons. The third-order valence-electron chi connectivity index (χ3n) is 5.26. The van der Waals surface area contributed by atoms with Crippen molar-refractivity contribution in [2.24, 2.45) is 11.8 Å². The number of benzene rings is 1. The van der Waals surface area contributed by atoms with Crippen LogP contribution in [0.3, 0.4) is 0 Å². The molecule has 0 aliphatic carbocycles. The molecular weight excluding hydrogens is 390 g/mol. The van der Waals surface area contributed by atoms with Gasteiger partial charge in [-0.25, -0.2) is 8.42 Å². The van der Waals surface area contributed by atoms with Crippen LogP contribution in [0.1, 0.15) is 40.5 Å². The zero-order valence-corrected chi connectivity index (χ0v) is 19.0. The number of sulfonamides is 1. The fraction of sp³-hybridized carbons (Fsp3) is 0.667. The molecule has 1 fully saturated rings. The monoisotopic (exact) mass is 425 g/mol. The Morgan fingerprint density at radius 3 is 2.45 bits per heavy atom. The minimum atomic E-state index is -3.82. The SMILES string of the molecule is COc1ccc(S(=O)(=O)N[C@H](C(=O)NC(C)CN2CCCC(C)C2)C(C)C)cc1. The molecule has 1 saturated heterocycles. The number of hydrogen-bond acceptors (Lipinski definition) is 5. The third kappa shape index (κ3) is 6.97. The normalized spacial score (nSPS) is 20.3. The van der Waals surface area contributed by atoms with Gasteiger partial charge in [0.15, 0.2) is 0 Å². The van der Waals surface area contributed by atoms with Gasteiger partial charge in [0, 0.05) is 19.1 Å². The van der Waals surface area contributed by atoms with E-state index in [1.165, 1.54) is 32.1 Å². The summed E-state index contributed by atoms with van der Waals surface area (Å²) in [5.74, 6) is 0.759. The fourth-order valence-corrected chi connectivity index (χ4v) is 5.04. The van der Waals surface area contributed by atoms with E-state index in [-0.39, 0.29) is 22.8 Å². The molecule has 1 aliphatic heterocycles. The lowest BCUT2D eigenvalue weighted by molar-refractivity contribution is -0.124. The topological polar surface area (TPSA) is 87.7 Å². The molecule has 0 spiro atoms. The summed E-state index contributed by atoms with van der Waals surface area (Å²) in [6, 6.07) is 5.21. The zero-order chi connectivity index (χ0) is 21.6. The van der Waals surface area contributed by atoms with Gasteiger partial charge in [-0.05, 0) is 62.4 Å². The van der Waals surface area contributed by atoms with Gasteiger partial charge in [-0.3, -0.25) is 4.79 Å². The Labute approximate surface area is 175 Å². The van der Waals surface area contributed by atoms with Gasteiger partial charge in [0.1, 0.15) is 11.8 Å². The van der Waals surface area contributed by atoms with E-state index in [0.717, 1.165) is 19.6 Å². The van der Waals surface area contributed by atoms with Crippen LogP contribution in [0.25, 0.3) is 0 Å². The molecule has 8 heteroatoms. The summed E-state index contributed by atoms with van der Waals surface area (Å²) < 4.78 is 33.1. The third-order valence-corrected chi connectivity index (χ3v) is 6.72. The maximum Gasteiger partial charge on any atom is 0.241 e. The smallest absolute Gasteiger partial charge is 0.241 e. The van der Waals surface area contributed by atoms with E-state index in [0.29, 0.717) is 11.7 Å². The van der Waals surface area contributed by atoms with Gasteiger partial charge >= 0.3 is 0 Å². The van der Waals surface area contributed by atoms with Crippen molar-refractivity contribution in [3.05, 3.63) is 24.3 Å². The van der Waals surface area contributed by atoms with Crippen LogP contribution in [0, 0.1) is 11.8 Å². The molecule has 3 atom stereocenters. The maximum absolute atomic E-state index is 12.8. The van der Waals surface area contributed by atoms with E-state index < -0.39 is 16.1 Å². The largest absolute Gasteiger partial charge is 0.497 e. The summed E-state index contributed by atoms with van der Waals surface area (Å²) in [6.45, 7) is 10.7. The summed E-state index contributed by atoms with van der Waals surface area (Å²) in [5.41, 5.74) is 0. The van der Waals surface area contributed by atoms with Crippen molar-refractivity contribution in [3.8, 4) is 5.75 Å². The van der Waals surface area contributed by atoms with Crippen molar-refractivity contribution in [2.45, 2.75) is 57.5 Å². The van der Waals surface area contributed by atoms with E-state index in [2.05, 4.69) is 21.9 Å². The van der Waals surface area contributed by atoms with Crippen LogP contribution >= 0.6 is 0 Å². The van der Waals surface area contributed by atoms with E-state index in [9.17, 15) is 13.2 Å². The van der Waals surface area contributed by atoms with Crippen LogP contribution < -0.4 is 14.8 Å². The van der Waals surface area contributed by atoms with Gasteiger partial charge in [-0.15, -0.1) is 0 Å². The second-order valence-electron chi connectivity index (χ2n) is 8.44. The number of hydrogen-bond donors (Lipinski definition) is 2. The van der Waals surface area contributed by atoms with Crippen molar-refractivity contribution >= 4 is 15.9 Å². The zero-order valence-electron chi connectivity index (χ0n) is 18.1. The first-order valence-corrected chi connectivity index (χ1v) is 11.8. The van der Waals surface area contributed by atoms with Gasteiger partial charge in [0.2, 0.25) is 15.9 Å². The van der Waals surface area contributed by atoms with E-state index in [1.807, 2.05) is 20.8 Å². The predicted octanol–water partition coefficient (Wildman–Crippen LogP) is 2.23. The van der Waals surface area contributed by atoms with Crippen molar-refractivity contribution in [3.63, 3.8) is 0 Å². The number of rotatable bonds is 9. The lowest BCUT2D eigenvalue weighted by Gasteiger charge is -2.33. The Morgan fingerprint density at radius 2 is 1.90 bits per heavy atom. The molecule has 2 rings (SSSR count). The van der Waals surface area contributed by atoms with Gasteiger partial charge in [-0.1, -0.05) is 20.8 Å². The molecule has 1 aliphatic rings. The minimum Gasteiger partial charge on any atom is -0.497 e. The quantitative estimate of drug-likeness (QED) is 0.634. The average molecular weight is 426 g/mol. The van der Waals surface area contributed by atoms with Crippen LogP contribution in [0.15, 0.2) is 29.2 Å². The molecule has 1 amide bonds. The summed E-state index contributed by atoms with van der Waals surface area (Å²) in [6.07, 6.45) is 2.43. The fourth-order valence-electron chi connectivity index (χ4n) is 3.70. The lowest BCUT2D eigenvalue weighted by Crippen LogP contribution is -2.53. The lowest BCUT2D eigenvalue weighted by atomic mass is 10.00. The Kier molecular flexibility index (Phi) is 8.48. The van der Waals surface area contributed by atoms with Crippen LogP contribution in [0.4, 0.5) is 0 Å². The Morgan fingerprint density at radius 1 is 1.24 bits per heavy atom. The minimum absolute atomic E-state index is 0.0560. The number of carbonyl (C=O) groups excluding carboxylic acids is 1. The van der Waals surface area contributed by atoms with Crippen LogP contribution in [0.5, 0.6) is 5.75 Å². The highest BCUT2D eigenvalue weighted by Crippen LogP contribution is 2.18. The first-order valence-electron chi connectivity index (χ1n) is 10.3. The molecule has 0 saturated carbocycles. The maximum atomic E-state index is 12.8. The van der Waals surface area contributed by atoms with Gasteiger partial charge in [-0.2, -0.15) is 4.72 Å². The molecule has 164 valence electrons. The second-order valence-corrected chi connectivity index (χ2v) is 10.1. The first kappa shape index (κ1) is 23.6. The van der Waals surface area contributed by atoms with Crippen molar-refractivity contribution in [2.75, 3.05) is 26.7 Å². The highest BCUT2D eigenvalue weighted by atomic mass is 32.2. The number of ether oxygens (including phenoxy) is 1. The van der Waals surface area contributed by atoms with Crippen LogP contribution in [0.2, 0.25) is 0 Å². The van der Waals surface area contributed by atoms with Crippen LogP contribution in [-0.4, -0.2) is 58.1 Å². The molecule has 0 aromatic heterocycles. The summed E-state index contributed by atoms with van der Waals surface area (Å²) in [7, 11) is -2.30. The first-order chi connectivity index (χ1) is 13.6. The van der Waals surface area contributed by atoms with Gasteiger partial charge < -0.3 is 15.0 Å². The average Bonchev–Trinajstić information content (AvgIpc) is 2.65. The van der Waals surface area contributed by atoms with E-state index in [4.69, 9.17) is 4.74 Å². The molecule has 7 nitrogen and oxygen atoms in total. The number of nitrogens with zero attached hydrogens (tertiary/aromatic N) is 1. The standard InChI is InChI=1S/C21H35N3O4S/c1-15(2)20(23-29(26,27)19-10-8-18(28-5)9-11-19)21(25)22-17(4)14-24-12-6-7-16(3)13-24/h8-11,15-17,20,23H,6-7,12-14H2,1-5H3,(H,22,25)/t16?,17?,20-/m0/s1. The Hall–Kier alpha value is -1.64. The Bertz CT molecular complexity index is 765. The molecular formula is C21H35N3O4S. The van der Waals surface area contributed by atoms with Crippen molar-refractivity contribution in [1.29, 1.82) is 0 Å². The van der Waals surface area contributed by atoms with Crippen molar-refractivity contribution in [1.82, 2.24) is 14.9 Å². The molecule has 2 unspecified atom stereocenters. The highest BCUT2D eigenvalue weighted by molar-refractivity contribution is 7.89. The number of carbonyl (C=O) groups is 1. The van der Waals surface area contributed by atoms with Crippen LogP contribution in [-0.2, 0) is 14.8 Å². The van der Waals surface area contributed by atoms with Crippen molar-refractivity contribution < 1.29 is 17.9 Å². The molecule has 1 heterocycles. The number of amides is 1. The predicted molar refractivity (Wildman–Crippen MR) is 114 cm³/mol. The van der Waals surface area contributed by atoms with E-state index in [1.54, 1.807) is 12.1 Å².